The number of amides is 1. The number of furan rings is 1. The molecule has 3 unspecified atom stereocenters. The van der Waals surface area contributed by atoms with Gasteiger partial charge in [0, 0.05) is 25.6 Å². The summed E-state index contributed by atoms with van der Waals surface area (Å²) in [7, 11) is 0. The molecular formula is C20H26N2O3. The lowest BCUT2D eigenvalue weighted by Crippen LogP contribution is -2.49. The van der Waals surface area contributed by atoms with E-state index in [9.17, 15) is 9.90 Å². The van der Waals surface area contributed by atoms with Crippen molar-refractivity contribution in [2.45, 2.75) is 51.4 Å². The topological polar surface area (TPSA) is 65.7 Å². The van der Waals surface area contributed by atoms with E-state index in [1.807, 2.05) is 19.9 Å². The van der Waals surface area contributed by atoms with Crippen LogP contribution in [0.15, 0.2) is 47.1 Å². The van der Waals surface area contributed by atoms with E-state index in [4.69, 9.17) is 4.42 Å². The van der Waals surface area contributed by atoms with Crippen LogP contribution < -0.4 is 5.32 Å². The number of fused-ring (bicyclic) bond motifs is 1. The van der Waals surface area contributed by atoms with Crippen molar-refractivity contribution in [3.05, 3.63) is 59.5 Å². The Labute approximate surface area is 148 Å². The summed E-state index contributed by atoms with van der Waals surface area (Å²) < 4.78 is 5.21. The van der Waals surface area contributed by atoms with E-state index in [2.05, 4.69) is 28.4 Å². The molecule has 0 radical (unpaired) electrons. The van der Waals surface area contributed by atoms with Gasteiger partial charge >= 0.3 is 0 Å². The molecule has 0 saturated carbocycles. The standard InChI is InChI=1S/C20H26N2O3/c1-14(12-18(23)19-8-5-11-25-19)21-20(24)15(2)22-10-9-16-6-3-4-7-17(16)13-22/h3-8,11,14-15,18,23H,9-10,12-13H2,1-2H3,(H,21,24). The van der Waals surface area contributed by atoms with Gasteiger partial charge in [0.25, 0.3) is 0 Å². The zero-order chi connectivity index (χ0) is 17.8. The minimum Gasteiger partial charge on any atom is -0.467 e. The smallest absolute Gasteiger partial charge is 0.237 e. The molecule has 0 spiro atoms. The lowest BCUT2D eigenvalue weighted by atomic mass is 9.98. The van der Waals surface area contributed by atoms with Crippen LogP contribution in [-0.2, 0) is 17.8 Å². The summed E-state index contributed by atoms with van der Waals surface area (Å²) in [4.78, 5) is 14.8. The highest BCUT2D eigenvalue weighted by molar-refractivity contribution is 5.81. The van der Waals surface area contributed by atoms with E-state index in [1.165, 1.54) is 17.4 Å². The minimum atomic E-state index is -0.706. The van der Waals surface area contributed by atoms with Crippen molar-refractivity contribution in [2.75, 3.05) is 6.54 Å². The lowest BCUT2D eigenvalue weighted by molar-refractivity contribution is -0.127. The fourth-order valence-electron chi connectivity index (χ4n) is 3.37. The first-order valence-electron chi connectivity index (χ1n) is 8.87. The van der Waals surface area contributed by atoms with Gasteiger partial charge in [0.15, 0.2) is 0 Å². The molecule has 1 aliphatic rings. The number of aliphatic hydroxyl groups is 1. The third kappa shape index (κ3) is 4.30. The van der Waals surface area contributed by atoms with E-state index < -0.39 is 6.10 Å². The molecule has 0 saturated heterocycles. The zero-order valence-electron chi connectivity index (χ0n) is 14.8. The summed E-state index contributed by atoms with van der Waals surface area (Å²) in [5.41, 5.74) is 2.68. The lowest BCUT2D eigenvalue weighted by Gasteiger charge is -2.33. The molecule has 3 rings (SSSR count). The molecule has 3 atom stereocenters. The summed E-state index contributed by atoms with van der Waals surface area (Å²) >= 11 is 0. The Balaban J connectivity index is 1.52. The van der Waals surface area contributed by atoms with Crippen molar-refractivity contribution < 1.29 is 14.3 Å². The number of carbonyl (C=O) groups is 1. The van der Waals surface area contributed by atoms with Gasteiger partial charge in [0.2, 0.25) is 5.91 Å². The number of hydrogen-bond donors (Lipinski definition) is 2. The van der Waals surface area contributed by atoms with Crippen LogP contribution in [-0.4, -0.2) is 34.5 Å². The highest BCUT2D eigenvalue weighted by Crippen LogP contribution is 2.21. The van der Waals surface area contributed by atoms with E-state index >= 15 is 0 Å². The second-order valence-electron chi connectivity index (χ2n) is 6.84. The summed E-state index contributed by atoms with van der Waals surface area (Å²) in [6.07, 6.45) is 2.23. The predicted molar refractivity (Wildman–Crippen MR) is 95.9 cm³/mol. The molecule has 2 aromatic rings. The number of benzene rings is 1. The quantitative estimate of drug-likeness (QED) is 0.847. The van der Waals surface area contributed by atoms with E-state index in [1.54, 1.807) is 12.1 Å². The van der Waals surface area contributed by atoms with Crippen LogP contribution in [0.1, 0.15) is 43.3 Å². The summed E-state index contributed by atoms with van der Waals surface area (Å²) in [5, 5.41) is 13.1. The fraction of sp³-hybridized carbons (Fsp3) is 0.450. The third-order valence-electron chi connectivity index (χ3n) is 4.92. The predicted octanol–water partition coefficient (Wildman–Crippen LogP) is 2.65. The monoisotopic (exact) mass is 342 g/mol. The molecule has 134 valence electrons. The highest BCUT2D eigenvalue weighted by atomic mass is 16.4. The Morgan fingerprint density at radius 3 is 2.72 bits per heavy atom. The average Bonchev–Trinajstić information content (AvgIpc) is 3.15. The van der Waals surface area contributed by atoms with Gasteiger partial charge in [-0.05, 0) is 43.5 Å². The fourth-order valence-corrected chi connectivity index (χ4v) is 3.37. The van der Waals surface area contributed by atoms with Crippen molar-refractivity contribution in [3.8, 4) is 0 Å². The van der Waals surface area contributed by atoms with Gasteiger partial charge < -0.3 is 14.8 Å². The molecule has 0 fully saturated rings. The number of nitrogens with zero attached hydrogens (tertiary/aromatic N) is 1. The van der Waals surface area contributed by atoms with E-state index in [0.717, 1.165) is 19.5 Å². The Morgan fingerprint density at radius 2 is 2.00 bits per heavy atom. The molecule has 1 amide bonds. The Morgan fingerprint density at radius 1 is 1.24 bits per heavy atom. The maximum absolute atomic E-state index is 12.6. The first-order chi connectivity index (χ1) is 12.0. The van der Waals surface area contributed by atoms with Gasteiger partial charge in [-0.1, -0.05) is 24.3 Å². The molecule has 1 aromatic heterocycles. The van der Waals surface area contributed by atoms with Crippen molar-refractivity contribution in [3.63, 3.8) is 0 Å². The van der Waals surface area contributed by atoms with E-state index in [0.29, 0.717) is 12.2 Å². The molecule has 5 nitrogen and oxygen atoms in total. The first-order valence-corrected chi connectivity index (χ1v) is 8.87. The molecule has 1 aliphatic heterocycles. The van der Waals surface area contributed by atoms with E-state index in [-0.39, 0.29) is 18.0 Å². The normalized spacial score (nSPS) is 18.2. The molecule has 2 heterocycles. The maximum atomic E-state index is 12.6. The molecule has 2 N–H and O–H groups in total. The van der Waals surface area contributed by atoms with Crippen LogP contribution in [0.25, 0.3) is 0 Å². The Bertz CT molecular complexity index is 699. The molecule has 0 aliphatic carbocycles. The molecular weight excluding hydrogens is 316 g/mol. The number of rotatable bonds is 6. The van der Waals surface area contributed by atoms with Gasteiger partial charge in [-0.25, -0.2) is 0 Å². The summed E-state index contributed by atoms with van der Waals surface area (Å²) in [6.45, 7) is 5.53. The molecule has 25 heavy (non-hydrogen) atoms. The van der Waals surface area contributed by atoms with Crippen molar-refractivity contribution >= 4 is 5.91 Å². The second-order valence-corrected chi connectivity index (χ2v) is 6.84. The van der Waals surface area contributed by atoms with Crippen molar-refractivity contribution in [2.24, 2.45) is 0 Å². The molecule has 0 bridgehead atoms. The SMILES string of the molecule is CC(CC(O)c1ccco1)NC(=O)C(C)N1CCc2ccccc2C1. The molecule has 5 heteroatoms. The summed E-state index contributed by atoms with van der Waals surface area (Å²) in [5.74, 6) is 0.528. The van der Waals surface area contributed by atoms with Crippen molar-refractivity contribution in [1.82, 2.24) is 10.2 Å². The Kier molecular flexibility index (Phi) is 5.56. The van der Waals surface area contributed by atoms with Gasteiger partial charge in [0.05, 0.1) is 12.3 Å². The number of hydrogen-bond acceptors (Lipinski definition) is 4. The first kappa shape index (κ1) is 17.7. The Hall–Kier alpha value is -2.11. The van der Waals surface area contributed by atoms with Crippen LogP contribution in [0.3, 0.4) is 0 Å². The van der Waals surface area contributed by atoms with Crippen LogP contribution in [0, 0.1) is 0 Å². The van der Waals surface area contributed by atoms with Gasteiger partial charge in [-0.2, -0.15) is 0 Å². The van der Waals surface area contributed by atoms with Crippen LogP contribution in [0.4, 0.5) is 0 Å². The maximum Gasteiger partial charge on any atom is 0.237 e. The van der Waals surface area contributed by atoms with Crippen molar-refractivity contribution in [1.29, 1.82) is 0 Å². The number of carbonyl (C=O) groups excluding carboxylic acids is 1. The van der Waals surface area contributed by atoms with Crippen LogP contribution >= 0.6 is 0 Å². The van der Waals surface area contributed by atoms with Crippen LogP contribution in [0.2, 0.25) is 0 Å². The third-order valence-corrected chi connectivity index (χ3v) is 4.92. The second kappa shape index (κ2) is 7.85. The van der Waals surface area contributed by atoms with Gasteiger partial charge in [-0.3, -0.25) is 9.69 Å². The highest BCUT2D eigenvalue weighted by Gasteiger charge is 2.26. The summed E-state index contributed by atoms with van der Waals surface area (Å²) in [6, 6.07) is 11.6. The minimum absolute atomic E-state index is 0.00136. The largest absolute Gasteiger partial charge is 0.467 e. The van der Waals surface area contributed by atoms with Gasteiger partial charge in [-0.15, -0.1) is 0 Å². The molecule has 1 aromatic carbocycles. The zero-order valence-corrected chi connectivity index (χ0v) is 14.8. The average molecular weight is 342 g/mol. The van der Waals surface area contributed by atoms with Gasteiger partial charge in [0.1, 0.15) is 11.9 Å². The van der Waals surface area contributed by atoms with Crippen LogP contribution in [0.5, 0.6) is 0 Å². The number of nitrogens with one attached hydrogen (secondary N) is 1. The number of aliphatic hydroxyl groups excluding tert-OH is 1.